The normalized spacial score (nSPS) is 10.7. The largest absolute Gasteiger partial charge is 0.538 e. The van der Waals surface area contributed by atoms with Crippen molar-refractivity contribution in [1.29, 1.82) is 0 Å². The highest BCUT2D eigenvalue weighted by Crippen LogP contribution is 2.26. The number of hydrogen-bond donors (Lipinski definition) is 0. The summed E-state index contributed by atoms with van der Waals surface area (Å²) >= 11 is 0. The van der Waals surface area contributed by atoms with Crippen molar-refractivity contribution in [2.24, 2.45) is 0 Å². The van der Waals surface area contributed by atoms with Gasteiger partial charge in [-0.2, -0.15) is 9.78 Å². The van der Waals surface area contributed by atoms with E-state index in [-0.39, 0.29) is 11.6 Å². The molecule has 0 amide bonds. The molecule has 4 nitrogen and oxygen atoms in total. The SMILES string of the molecule is Fc1ccc(B(Oc2cc(-c3ccccc3)nn2-c2ccccn2)c2ccc(F)cc2)cc1. The first-order chi connectivity index (χ1) is 16.2. The second-order valence-corrected chi connectivity index (χ2v) is 7.43. The third-order valence-corrected chi connectivity index (χ3v) is 5.20. The van der Waals surface area contributed by atoms with E-state index in [0.717, 1.165) is 16.5 Å². The Balaban J connectivity index is 1.61. The summed E-state index contributed by atoms with van der Waals surface area (Å²) in [6.45, 7) is -0.617. The predicted molar refractivity (Wildman–Crippen MR) is 125 cm³/mol. The van der Waals surface area contributed by atoms with Crippen LogP contribution in [0.4, 0.5) is 8.78 Å². The Labute approximate surface area is 190 Å². The van der Waals surface area contributed by atoms with Gasteiger partial charge in [0.2, 0.25) is 5.88 Å². The second-order valence-electron chi connectivity index (χ2n) is 7.43. The molecule has 0 saturated heterocycles. The van der Waals surface area contributed by atoms with Gasteiger partial charge in [0.1, 0.15) is 11.6 Å². The van der Waals surface area contributed by atoms with Crippen LogP contribution in [0.2, 0.25) is 0 Å². The standard InChI is InChI=1S/C26H18BF2N3O/c28-22-13-9-20(10-14-22)27(21-11-15-23(29)16-12-21)33-26-18-24(19-6-2-1-3-7-19)31-32(26)25-8-4-5-17-30-25/h1-18H. The van der Waals surface area contributed by atoms with E-state index >= 15 is 0 Å². The quantitative estimate of drug-likeness (QED) is 0.370. The smallest absolute Gasteiger partial charge is 0.427 e. The maximum Gasteiger partial charge on any atom is 0.427 e. The average Bonchev–Trinajstić information content (AvgIpc) is 3.29. The highest BCUT2D eigenvalue weighted by atomic mass is 19.1. The molecule has 0 fully saturated rings. The van der Waals surface area contributed by atoms with E-state index in [1.165, 1.54) is 24.3 Å². The highest BCUT2D eigenvalue weighted by Gasteiger charge is 2.26. The van der Waals surface area contributed by atoms with Crippen molar-refractivity contribution in [1.82, 2.24) is 14.8 Å². The van der Waals surface area contributed by atoms with Gasteiger partial charge in [-0.25, -0.2) is 13.8 Å². The van der Waals surface area contributed by atoms with Gasteiger partial charge >= 0.3 is 6.92 Å². The van der Waals surface area contributed by atoms with Gasteiger partial charge in [0.05, 0.1) is 5.69 Å². The number of benzene rings is 3. The predicted octanol–water partition coefficient (Wildman–Crippen LogP) is 4.40. The fraction of sp³-hybridized carbons (Fsp3) is 0. The first-order valence-electron chi connectivity index (χ1n) is 10.4. The molecule has 2 aromatic heterocycles. The summed E-state index contributed by atoms with van der Waals surface area (Å²) in [5, 5.41) is 4.73. The summed E-state index contributed by atoms with van der Waals surface area (Å²) in [5.41, 5.74) is 3.08. The Morgan fingerprint density at radius 3 is 1.88 bits per heavy atom. The van der Waals surface area contributed by atoms with Crippen molar-refractivity contribution in [2.45, 2.75) is 0 Å². The number of nitrogens with zero attached hydrogens (tertiary/aromatic N) is 3. The highest BCUT2D eigenvalue weighted by molar-refractivity contribution is 6.80. The molecule has 0 bridgehead atoms. The molecule has 160 valence electrons. The number of aromatic nitrogens is 3. The van der Waals surface area contributed by atoms with E-state index in [4.69, 9.17) is 9.75 Å². The zero-order valence-corrected chi connectivity index (χ0v) is 17.5. The molecule has 0 aliphatic heterocycles. The van der Waals surface area contributed by atoms with E-state index in [1.54, 1.807) is 35.1 Å². The number of pyridine rings is 1. The van der Waals surface area contributed by atoms with Crippen LogP contribution in [0.1, 0.15) is 0 Å². The first kappa shape index (κ1) is 20.6. The molecule has 0 aliphatic rings. The van der Waals surface area contributed by atoms with Gasteiger partial charge in [-0.3, -0.25) is 0 Å². The number of hydrogen-bond acceptors (Lipinski definition) is 3. The molecule has 0 saturated carbocycles. The molecule has 2 heterocycles. The minimum absolute atomic E-state index is 0.346. The summed E-state index contributed by atoms with van der Waals surface area (Å²) < 4.78 is 35.3. The molecule has 7 heteroatoms. The molecule has 0 aliphatic carbocycles. The summed E-state index contributed by atoms with van der Waals surface area (Å²) in [6.07, 6.45) is 1.68. The van der Waals surface area contributed by atoms with Crippen molar-refractivity contribution in [2.75, 3.05) is 0 Å². The molecular formula is C26H18BF2N3O. The van der Waals surface area contributed by atoms with Crippen LogP contribution >= 0.6 is 0 Å². The molecule has 5 rings (SSSR count). The maximum absolute atomic E-state index is 13.6. The van der Waals surface area contributed by atoms with Crippen molar-refractivity contribution in [3.63, 3.8) is 0 Å². The lowest BCUT2D eigenvalue weighted by Gasteiger charge is -2.17. The Morgan fingerprint density at radius 1 is 0.697 bits per heavy atom. The molecule has 0 atom stereocenters. The van der Waals surface area contributed by atoms with Crippen LogP contribution in [0.5, 0.6) is 5.88 Å². The lowest BCUT2D eigenvalue weighted by Crippen LogP contribution is -2.48. The van der Waals surface area contributed by atoms with Crippen LogP contribution in [0.15, 0.2) is 109 Å². The Hall–Kier alpha value is -4.26. The number of halogens is 2. The molecule has 0 radical (unpaired) electrons. The van der Waals surface area contributed by atoms with E-state index in [9.17, 15) is 8.78 Å². The molecular weight excluding hydrogens is 419 g/mol. The van der Waals surface area contributed by atoms with Gasteiger partial charge in [0.25, 0.3) is 0 Å². The molecule has 33 heavy (non-hydrogen) atoms. The monoisotopic (exact) mass is 437 g/mol. The summed E-state index contributed by atoms with van der Waals surface area (Å²) in [6, 6.07) is 29.2. The van der Waals surface area contributed by atoms with Gasteiger partial charge in [-0.1, -0.05) is 60.7 Å². The lowest BCUT2D eigenvalue weighted by molar-refractivity contribution is 0.533. The third kappa shape index (κ3) is 4.53. The summed E-state index contributed by atoms with van der Waals surface area (Å²) in [7, 11) is 0. The summed E-state index contributed by atoms with van der Waals surface area (Å²) in [4.78, 5) is 4.41. The van der Waals surface area contributed by atoms with Gasteiger partial charge in [0, 0.05) is 17.8 Å². The van der Waals surface area contributed by atoms with Crippen LogP contribution in [-0.2, 0) is 0 Å². The molecule has 0 N–H and O–H groups in total. The van der Waals surface area contributed by atoms with Gasteiger partial charge in [-0.15, -0.1) is 0 Å². The van der Waals surface area contributed by atoms with E-state index in [2.05, 4.69) is 4.98 Å². The minimum atomic E-state index is -0.617. The van der Waals surface area contributed by atoms with Crippen LogP contribution < -0.4 is 15.6 Å². The zero-order valence-electron chi connectivity index (χ0n) is 17.5. The van der Waals surface area contributed by atoms with Gasteiger partial charge in [0.15, 0.2) is 5.82 Å². The Morgan fingerprint density at radius 2 is 1.30 bits per heavy atom. The van der Waals surface area contributed by atoms with Crippen molar-refractivity contribution in [3.8, 4) is 23.0 Å². The van der Waals surface area contributed by atoms with Crippen molar-refractivity contribution < 1.29 is 13.4 Å². The Bertz CT molecular complexity index is 1300. The average molecular weight is 437 g/mol. The fourth-order valence-corrected chi connectivity index (χ4v) is 3.57. The fourth-order valence-electron chi connectivity index (χ4n) is 3.57. The van der Waals surface area contributed by atoms with Crippen LogP contribution in [0.25, 0.3) is 17.1 Å². The van der Waals surface area contributed by atoms with Crippen LogP contribution in [-0.4, -0.2) is 21.7 Å². The molecule has 0 spiro atoms. The van der Waals surface area contributed by atoms with Gasteiger partial charge < -0.3 is 4.65 Å². The second kappa shape index (κ2) is 9.08. The first-order valence-corrected chi connectivity index (χ1v) is 10.4. The van der Waals surface area contributed by atoms with Crippen LogP contribution in [0.3, 0.4) is 0 Å². The van der Waals surface area contributed by atoms with E-state index in [1.807, 2.05) is 54.6 Å². The molecule has 0 unspecified atom stereocenters. The number of rotatable bonds is 6. The topological polar surface area (TPSA) is 39.9 Å². The molecule has 5 aromatic rings. The summed E-state index contributed by atoms with van der Waals surface area (Å²) in [5.74, 6) is 0.348. The van der Waals surface area contributed by atoms with E-state index < -0.39 is 6.92 Å². The Kier molecular flexibility index (Phi) is 5.68. The van der Waals surface area contributed by atoms with Gasteiger partial charge in [-0.05, 0) is 47.3 Å². The third-order valence-electron chi connectivity index (χ3n) is 5.20. The lowest BCUT2D eigenvalue weighted by atomic mass is 9.55. The van der Waals surface area contributed by atoms with Crippen molar-refractivity contribution in [3.05, 3.63) is 121 Å². The zero-order chi connectivity index (χ0) is 22.6. The maximum atomic E-state index is 13.6. The van der Waals surface area contributed by atoms with E-state index in [0.29, 0.717) is 17.4 Å². The minimum Gasteiger partial charge on any atom is -0.538 e. The van der Waals surface area contributed by atoms with Crippen LogP contribution in [0, 0.1) is 11.6 Å². The van der Waals surface area contributed by atoms with Crippen molar-refractivity contribution >= 4 is 17.8 Å². The molecule has 3 aromatic carbocycles.